The molecular formula is C15H21N3O3. The number of rotatable bonds is 4. The number of aliphatic hydroxyl groups excluding tert-OH is 1. The van der Waals surface area contributed by atoms with Gasteiger partial charge in [0.25, 0.3) is 0 Å². The zero-order valence-corrected chi connectivity index (χ0v) is 12.0. The van der Waals surface area contributed by atoms with E-state index in [0.29, 0.717) is 13.0 Å². The molecule has 114 valence electrons. The number of carbonyl (C=O) groups is 1. The molecule has 0 aromatic heterocycles. The number of hydrogen-bond donors (Lipinski definition) is 3. The highest BCUT2D eigenvalue weighted by Crippen LogP contribution is 2.35. The summed E-state index contributed by atoms with van der Waals surface area (Å²) in [6, 6.07) is 3.88. The van der Waals surface area contributed by atoms with Crippen LogP contribution in [0.15, 0.2) is 12.1 Å². The summed E-state index contributed by atoms with van der Waals surface area (Å²) < 4.78 is 5.57. The van der Waals surface area contributed by atoms with E-state index in [4.69, 9.17) is 15.6 Å². The van der Waals surface area contributed by atoms with Crippen LogP contribution in [-0.4, -0.2) is 43.4 Å². The van der Waals surface area contributed by atoms with Crippen LogP contribution in [0.2, 0.25) is 0 Å². The number of nitrogens with one attached hydrogen (secondary N) is 1. The van der Waals surface area contributed by atoms with Gasteiger partial charge in [-0.15, -0.1) is 0 Å². The van der Waals surface area contributed by atoms with Crippen LogP contribution in [0.25, 0.3) is 0 Å². The van der Waals surface area contributed by atoms with Crippen LogP contribution in [0.3, 0.4) is 0 Å². The summed E-state index contributed by atoms with van der Waals surface area (Å²) in [7, 11) is 0. The molecule has 0 spiro atoms. The number of nitrogen functional groups attached to an aromatic ring is 1. The van der Waals surface area contributed by atoms with E-state index in [0.717, 1.165) is 48.6 Å². The molecule has 1 aromatic carbocycles. The van der Waals surface area contributed by atoms with E-state index in [1.54, 1.807) is 0 Å². The molecule has 2 heterocycles. The second kappa shape index (κ2) is 5.91. The minimum atomic E-state index is 0.0256. The first-order valence-electron chi connectivity index (χ1n) is 7.37. The Bertz CT molecular complexity index is 539. The van der Waals surface area contributed by atoms with Gasteiger partial charge in [-0.1, -0.05) is 0 Å². The van der Waals surface area contributed by atoms with Crippen molar-refractivity contribution >= 4 is 23.0 Å². The third kappa shape index (κ3) is 2.96. The van der Waals surface area contributed by atoms with Crippen molar-refractivity contribution in [2.75, 3.05) is 42.3 Å². The van der Waals surface area contributed by atoms with E-state index in [2.05, 4.69) is 10.2 Å². The molecule has 4 N–H and O–H groups in total. The highest BCUT2D eigenvalue weighted by molar-refractivity contribution is 6.00. The fourth-order valence-corrected chi connectivity index (χ4v) is 3.04. The van der Waals surface area contributed by atoms with Gasteiger partial charge in [0.1, 0.15) is 0 Å². The highest BCUT2D eigenvalue weighted by Gasteiger charge is 2.24. The predicted molar refractivity (Wildman–Crippen MR) is 81.5 cm³/mol. The predicted octanol–water partition coefficient (Wildman–Crippen LogP) is 0.741. The van der Waals surface area contributed by atoms with E-state index >= 15 is 0 Å². The third-order valence-corrected chi connectivity index (χ3v) is 4.11. The number of aliphatic hydroxyl groups is 1. The molecule has 6 nitrogen and oxygen atoms in total. The minimum absolute atomic E-state index is 0.0256. The quantitative estimate of drug-likeness (QED) is 0.712. The molecule has 1 amide bonds. The van der Waals surface area contributed by atoms with Crippen molar-refractivity contribution in [2.24, 2.45) is 0 Å². The Labute approximate surface area is 123 Å². The number of piperidine rings is 1. The van der Waals surface area contributed by atoms with E-state index in [1.165, 1.54) is 0 Å². The molecule has 2 aliphatic heterocycles. The number of fused-ring (bicyclic) bond motifs is 1. The second-order valence-electron chi connectivity index (χ2n) is 5.57. The van der Waals surface area contributed by atoms with Gasteiger partial charge < -0.3 is 25.8 Å². The number of ether oxygens (including phenoxy) is 1. The Balaban J connectivity index is 1.68. The summed E-state index contributed by atoms with van der Waals surface area (Å²) in [5.74, 6) is 0.0256. The van der Waals surface area contributed by atoms with Crippen LogP contribution in [0.4, 0.5) is 17.1 Å². The van der Waals surface area contributed by atoms with Crippen LogP contribution >= 0.6 is 0 Å². The number of hydrogen-bond acceptors (Lipinski definition) is 5. The average molecular weight is 291 g/mol. The lowest BCUT2D eigenvalue weighted by atomic mass is 10.0. The SMILES string of the molecule is Nc1cc2c(cc1N1CCC(OCCO)CC1)NC(=O)C2. The third-order valence-electron chi connectivity index (χ3n) is 4.11. The largest absolute Gasteiger partial charge is 0.397 e. The van der Waals surface area contributed by atoms with Crippen molar-refractivity contribution in [3.05, 3.63) is 17.7 Å². The summed E-state index contributed by atoms with van der Waals surface area (Å²) in [6.45, 7) is 2.20. The zero-order chi connectivity index (χ0) is 14.8. The summed E-state index contributed by atoms with van der Waals surface area (Å²) in [5.41, 5.74) is 9.70. The number of anilines is 3. The van der Waals surface area contributed by atoms with Crippen molar-refractivity contribution < 1.29 is 14.6 Å². The lowest BCUT2D eigenvalue weighted by molar-refractivity contribution is -0.115. The lowest BCUT2D eigenvalue weighted by Gasteiger charge is -2.34. The zero-order valence-electron chi connectivity index (χ0n) is 12.0. The van der Waals surface area contributed by atoms with Gasteiger partial charge in [0.15, 0.2) is 0 Å². The first-order chi connectivity index (χ1) is 10.2. The van der Waals surface area contributed by atoms with Gasteiger partial charge in [-0.2, -0.15) is 0 Å². The molecule has 2 aliphatic rings. The van der Waals surface area contributed by atoms with E-state index in [-0.39, 0.29) is 18.6 Å². The molecule has 0 radical (unpaired) electrons. The number of nitrogens with two attached hydrogens (primary N) is 1. The molecule has 1 saturated heterocycles. The molecule has 0 aliphatic carbocycles. The van der Waals surface area contributed by atoms with Crippen LogP contribution in [0.1, 0.15) is 18.4 Å². The van der Waals surface area contributed by atoms with Crippen LogP contribution in [-0.2, 0) is 16.0 Å². The van der Waals surface area contributed by atoms with Gasteiger partial charge in [-0.25, -0.2) is 0 Å². The van der Waals surface area contributed by atoms with E-state index in [1.807, 2.05) is 12.1 Å². The molecule has 0 bridgehead atoms. The lowest BCUT2D eigenvalue weighted by Crippen LogP contribution is -2.37. The molecule has 0 saturated carbocycles. The Morgan fingerprint density at radius 3 is 2.86 bits per heavy atom. The molecule has 1 aromatic rings. The second-order valence-corrected chi connectivity index (χ2v) is 5.57. The van der Waals surface area contributed by atoms with Gasteiger partial charge in [0.05, 0.1) is 37.1 Å². The number of amides is 1. The fourth-order valence-electron chi connectivity index (χ4n) is 3.04. The van der Waals surface area contributed by atoms with Crippen LogP contribution in [0.5, 0.6) is 0 Å². The van der Waals surface area contributed by atoms with Crippen molar-refractivity contribution in [3.63, 3.8) is 0 Å². The topological polar surface area (TPSA) is 87.8 Å². The highest BCUT2D eigenvalue weighted by atomic mass is 16.5. The summed E-state index contributed by atoms with van der Waals surface area (Å²) in [5, 5.41) is 11.7. The van der Waals surface area contributed by atoms with Crippen LogP contribution < -0.4 is 16.0 Å². The van der Waals surface area contributed by atoms with Gasteiger partial charge in [-0.05, 0) is 30.5 Å². The molecule has 0 atom stereocenters. The Morgan fingerprint density at radius 2 is 2.14 bits per heavy atom. The number of nitrogens with zero attached hydrogens (tertiary/aromatic N) is 1. The number of carbonyl (C=O) groups excluding carboxylic acids is 1. The number of benzene rings is 1. The normalized spacial score (nSPS) is 18.7. The van der Waals surface area contributed by atoms with Crippen molar-refractivity contribution in [1.82, 2.24) is 0 Å². The van der Waals surface area contributed by atoms with Crippen molar-refractivity contribution in [2.45, 2.75) is 25.4 Å². The summed E-state index contributed by atoms with van der Waals surface area (Å²) in [4.78, 5) is 13.7. The Kier molecular flexibility index (Phi) is 3.98. The molecule has 21 heavy (non-hydrogen) atoms. The molecule has 1 fully saturated rings. The summed E-state index contributed by atoms with van der Waals surface area (Å²) >= 11 is 0. The van der Waals surface area contributed by atoms with Gasteiger partial charge >= 0.3 is 0 Å². The Hall–Kier alpha value is -1.79. The molecule has 3 rings (SSSR count). The van der Waals surface area contributed by atoms with Crippen molar-refractivity contribution in [3.8, 4) is 0 Å². The average Bonchev–Trinajstić information content (AvgIpc) is 2.84. The Morgan fingerprint density at radius 1 is 1.38 bits per heavy atom. The first kappa shape index (κ1) is 14.2. The molecular weight excluding hydrogens is 270 g/mol. The minimum Gasteiger partial charge on any atom is -0.397 e. The smallest absolute Gasteiger partial charge is 0.228 e. The maximum Gasteiger partial charge on any atom is 0.228 e. The van der Waals surface area contributed by atoms with Gasteiger partial charge in [0.2, 0.25) is 5.91 Å². The maximum absolute atomic E-state index is 11.4. The van der Waals surface area contributed by atoms with Gasteiger partial charge in [0, 0.05) is 18.8 Å². The monoisotopic (exact) mass is 291 g/mol. The maximum atomic E-state index is 11.4. The van der Waals surface area contributed by atoms with Crippen LogP contribution in [0, 0.1) is 0 Å². The molecule has 6 heteroatoms. The fraction of sp³-hybridized carbons (Fsp3) is 0.533. The van der Waals surface area contributed by atoms with E-state index in [9.17, 15) is 4.79 Å². The first-order valence-corrected chi connectivity index (χ1v) is 7.37. The van der Waals surface area contributed by atoms with E-state index < -0.39 is 0 Å². The van der Waals surface area contributed by atoms with Gasteiger partial charge in [-0.3, -0.25) is 4.79 Å². The van der Waals surface area contributed by atoms with Crippen molar-refractivity contribution in [1.29, 1.82) is 0 Å². The summed E-state index contributed by atoms with van der Waals surface area (Å²) in [6.07, 6.45) is 2.46. The molecule has 0 unspecified atom stereocenters. The standard InChI is InChI=1S/C15H21N3O3/c16-12-7-10-8-15(20)17-13(10)9-14(12)18-3-1-11(2-4-18)21-6-5-19/h7,9,11,19H,1-6,8,16H2,(H,17,20).